The van der Waals surface area contributed by atoms with Crippen molar-refractivity contribution in [1.29, 1.82) is 0 Å². The van der Waals surface area contributed by atoms with Gasteiger partial charge < -0.3 is 15.2 Å². The first-order valence-corrected chi connectivity index (χ1v) is 5.62. The third kappa shape index (κ3) is 6.14. The van der Waals surface area contributed by atoms with Crippen LogP contribution in [0.4, 0.5) is 0 Å². The minimum Gasteiger partial charge on any atom is -0.481 e. The summed E-state index contributed by atoms with van der Waals surface area (Å²) in [4.78, 5) is 11.2. The maximum Gasteiger partial charge on any atom is 0.322 e. The number of hydrogen-bond acceptors (Lipinski definition) is 4. The number of ether oxygens (including phenoxy) is 2. The van der Waals surface area contributed by atoms with E-state index in [1.165, 1.54) is 7.11 Å². The molecule has 1 aromatic carbocycles. The Morgan fingerprint density at radius 3 is 2.53 bits per heavy atom. The molecule has 4 nitrogen and oxygen atoms in total. The molecule has 104 valence electrons. The lowest BCUT2D eigenvalue weighted by atomic mass is 10.1. The second-order valence-corrected chi connectivity index (χ2v) is 3.69. The van der Waals surface area contributed by atoms with Crippen molar-refractivity contribution in [2.24, 2.45) is 5.73 Å². The van der Waals surface area contributed by atoms with Gasteiger partial charge in [0, 0.05) is 0 Å². The molecule has 19 heavy (non-hydrogen) atoms. The van der Waals surface area contributed by atoms with E-state index in [1.54, 1.807) is 6.92 Å². The summed E-state index contributed by atoms with van der Waals surface area (Å²) >= 11 is 0. The van der Waals surface area contributed by atoms with Crippen molar-refractivity contribution in [2.45, 2.75) is 19.4 Å². The minimum absolute atomic E-state index is 0. The SMILES string of the molecule is CC#CCOc1ccc(CC(N)C(=O)OC)cc1.Cl. The van der Waals surface area contributed by atoms with Crippen LogP contribution in [0.2, 0.25) is 0 Å². The van der Waals surface area contributed by atoms with Crippen molar-refractivity contribution in [3.63, 3.8) is 0 Å². The van der Waals surface area contributed by atoms with Crippen LogP contribution in [-0.4, -0.2) is 25.7 Å². The summed E-state index contributed by atoms with van der Waals surface area (Å²) in [6, 6.07) is 6.77. The van der Waals surface area contributed by atoms with Crippen molar-refractivity contribution in [3.05, 3.63) is 29.8 Å². The smallest absolute Gasteiger partial charge is 0.322 e. The minimum atomic E-state index is -0.632. The molecule has 0 radical (unpaired) electrons. The van der Waals surface area contributed by atoms with E-state index in [1.807, 2.05) is 24.3 Å². The highest BCUT2D eigenvalue weighted by Crippen LogP contribution is 2.13. The molecule has 0 aliphatic rings. The summed E-state index contributed by atoms with van der Waals surface area (Å²) in [5, 5.41) is 0. The van der Waals surface area contributed by atoms with E-state index >= 15 is 0 Å². The van der Waals surface area contributed by atoms with E-state index in [0.29, 0.717) is 13.0 Å². The molecule has 0 saturated carbocycles. The van der Waals surface area contributed by atoms with Crippen LogP contribution >= 0.6 is 12.4 Å². The van der Waals surface area contributed by atoms with Crippen molar-refractivity contribution in [3.8, 4) is 17.6 Å². The molecule has 0 saturated heterocycles. The highest BCUT2D eigenvalue weighted by Gasteiger charge is 2.13. The molecule has 5 heteroatoms. The van der Waals surface area contributed by atoms with Gasteiger partial charge in [0.05, 0.1) is 7.11 Å². The predicted octanol–water partition coefficient (Wildman–Crippen LogP) is 1.55. The van der Waals surface area contributed by atoms with Gasteiger partial charge in [-0.05, 0) is 31.0 Å². The molecule has 0 aromatic heterocycles. The molecule has 1 rings (SSSR count). The fraction of sp³-hybridized carbons (Fsp3) is 0.357. The molecular formula is C14H18ClNO3. The van der Waals surface area contributed by atoms with Crippen LogP contribution in [-0.2, 0) is 16.0 Å². The zero-order valence-corrected chi connectivity index (χ0v) is 11.8. The lowest BCUT2D eigenvalue weighted by Gasteiger charge is -2.09. The van der Waals surface area contributed by atoms with Crippen LogP contribution < -0.4 is 10.5 Å². The molecule has 2 N–H and O–H groups in total. The molecule has 0 fully saturated rings. The van der Waals surface area contributed by atoms with Crippen LogP contribution in [0.3, 0.4) is 0 Å². The normalized spacial score (nSPS) is 10.5. The fourth-order valence-corrected chi connectivity index (χ4v) is 1.40. The summed E-state index contributed by atoms with van der Waals surface area (Å²) in [6.45, 7) is 2.14. The number of rotatable bonds is 5. The number of esters is 1. The van der Waals surface area contributed by atoms with Gasteiger partial charge >= 0.3 is 5.97 Å². The van der Waals surface area contributed by atoms with E-state index in [0.717, 1.165) is 11.3 Å². The van der Waals surface area contributed by atoms with Crippen molar-refractivity contribution in [2.75, 3.05) is 13.7 Å². The fourth-order valence-electron chi connectivity index (χ4n) is 1.40. The van der Waals surface area contributed by atoms with Crippen molar-refractivity contribution >= 4 is 18.4 Å². The Morgan fingerprint density at radius 2 is 2.00 bits per heavy atom. The number of carbonyl (C=O) groups excluding carboxylic acids is 1. The summed E-state index contributed by atoms with van der Waals surface area (Å²) in [7, 11) is 1.33. The van der Waals surface area contributed by atoms with Crippen LogP contribution in [0, 0.1) is 11.8 Å². The number of halogens is 1. The third-order valence-electron chi connectivity index (χ3n) is 2.37. The molecule has 0 aliphatic heterocycles. The van der Waals surface area contributed by atoms with E-state index in [2.05, 4.69) is 16.6 Å². The number of methoxy groups -OCH3 is 1. The third-order valence-corrected chi connectivity index (χ3v) is 2.37. The first-order chi connectivity index (χ1) is 8.67. The Bertz CT molecular complexity index is 448. The Hall–Kier alpha value is -1.70. The highest BCUT2D eigenvalue weighted by molar-refractivity contribution is 5.85. The Labute approximate surface area is 119 Å². The number of benzene rings is 1. The van der Waals surface area contributed by atoms with Crippen molar-refractivity contribution < 1.29 is 14.3 Å². The van der Waals surface area contributed by atoms with E-state index in [9.17, 15) is 4.79 Å². The van der Waals surface area contributed by atoms with Crippen LogP contribution in [0.25, 0.3) is 0 Å². The number of hydrogen-bond donors (Lipinski definition) is 1. The Balaban J connectivity index is 0.00000324. The van der Waals surface area contributed by atoms with Gasteiger partial charge in [0.1, 0.15) is 18.4 Å². The molecular weight excluding hydrogens is 266 g/mol. The molecule has 1 atom stereocenters. The van der Waals surface area contributed by atoms with E-state index in [4.69, 9.17) is 10.5 Å². The van der Waals surface area contributed by atoms with E-state index in [-0.39, 0.29) is 12.4 Å². The maximum atomic E-state index is 11.2. The van der Waals surface area contributed by atoms with Gasteiger partial charge in [0.2, 0.25) is 0 Å². The van der Waals surface area contributed by atoms with Gasteiger partial charge in [-0.25, -0.2) is 0 Å². The van der Waals surface area contributed by atoms with Crippen LogP contribution in [0.1, 0.15) is 12.5 Å². The van der Waals surface area contributed by atoms with Gasteiger partial charge in [0.15, 0.2) is 0 Å². The van der Waals surface area contributed by atoms with Crippen LogP contribution in [0.15, 0.2) is 24.3 Å². The quantitative estimate of drug-likeness (QED) is 0.658. The molecule has 1 aromatic rings. The number of carbonyl (C=O) groups is 1. The molecule has 0 spiro atoms. The van der Waals surface area contributed by atoms with Crippen LogP contribution in [0.5, 0.6) is 5.75 Å². The lowest BCUT2D eigenvalue weighted by molar-refractivity contribution is -0.142. The Kier molecular flexibility index (Phi) is 8.43. The predicted molar refractivity (Wildman–Crippen MR) is 76.3 cm³/mol. The molecule has 0 aliphatic carbocycles. The largest absolute Gasteiger partial charge is 0.481 e. The zero-order chi connectivity index (χ0) is 13.4. The summed E-state index contributed by atoms with van der Waals surface area (Å²) in [6.07, 6.45) is 0.446. The second kappa shape index (κ2) is 9.26. The molecule has 0 amide bonds. The van der Waals surface area contributed by atoms with Gasteiger partial charge in [-0.1, -0.05) is 18.1 Å². The van der Waals surface area contributed by atoms with Gasteiger partial charge in [0.25, 0.3) is 0 Å². The highest BCUT2D eigenvalue weighted by atomic mass is 35.5. The van der Waals surface area contributed by atoms with Crippen molar-refractivity contribution in [1.82, 2.24) is 0 Å². The Morgan fingerprint density at radius 1 is 1.37 bits per heavy atom. The average molecular weight is 284 g/mol. The second-order valence-electron chi connectivity index (χ2n) is 3.69. The number of nitrogens with two attached hydrogens (primary N) is 1. The average Bonchev–Trinajstić information content (AvgIpc) is 2.40. The topological polar surface area (TPSA) is 61.5 Å². The molecule has 0 heterocycles. The lowest BCUT2D eigenvalue weighted by Crippen LogP contribution is -2.33. The van der Waals surface area contributed by atoms with Gasteiger partial charge in [-0.3, -0.25) is 4.79 Å². The monoisotopic (exact) mass is 283 g/mol. The first-order valence-electron chi connectivity index (χ1n) is 5.62. The van der Waals surface area contributed by atoms with E-state index < -0.39 is 12.0 Å². The maximum absolute atomic E-state index is 11.2. The van der Waals surface area contributed by atoms with Gasteiger partial charge in [-0.15, -0.1) is 18.3 Å². The molecule has 0 bridgehead atoms. The molecule has 1 unspecified atom stereocenters. The zero-order valence-electron chi connectivity index (χ0n) is 11.0. The van der Waals surface area contributed by atoms with Gasteiger partial charge in [-0.2, -0.15) is 0 Å². The summed E-state index contributed by atoms with van der Waals surface area (Å²) in [5.41, 5.74) is 6.63. The standard InChI is InChI=1S/C14H17NO3.ClH/c1-3-4-9-18-12-7-5-11(6-8-12)10-13(15)14(16)17-2;/h5-8,13H,9-10,15H2,1-2H3;1H. The summed E-state index contributed by atoms with van der Waals surface area (Å²) in [5.74, 6) is 5.90. The summed E-state index contributed by atoms with van der Waals surface area (Å²) < 4.78 is 9.95. The first kappa shape index (κ1) is 17.3.